The number of methoxy groups -OCH3 is 1. The maximum absolute atomic E-state index is 12.9. The SMILES string of the molecule is COC(=O)[C@]1(C)C(=O)C[C@@H](CC(=O)c2ccccc2)O[C@@H]1/C=C/c1ccccc1. The number of benzene rings is 2. The van der Waals surface area contributed by atoms with Gasteiger partial charge in [-0.1, -0.05) is 72.8 Å². The van der Waals surface area contributed by atoms with Gasteiger partial charge in [0.15, 0.2) is 17.0 Å². The Morgan fingerprint density at radius 2 is 1.72 bits per heavy atom. The van der Waals surface area contributed by atoms with E-state index in [4.69, 9.17) is 9.47 Å². The normalized spacial score (nSPS) is 24.4. The standard InChI is InChI=1S/C24H24O5/c1-24(23(27)28-2)21(26)16-19(15-20(25)18-11-7-4-8-12-18)29-22(24)14-13-17-9-5-3-6-10-17/h3-14,19,22H,15-16H2,1-2H3/b14-13+/t19-,22-,24-/m1/s1. The van der Waals surface area contributed by atoms with E-state index in [2.05, 4.69) is 0 Å². The lowest BCUT2D eigenvalue weighted by molar-refractivity contribution is -0.176. The van der Waals surface area contributed by atoms with Crippen molar-refractivity contribution in [2.24, 2.45) is 5.41 Å². The summed E-state index contributed by atoms with van der Waals surface area (Å²) in [7, 11) is 1.25. The van der Waals surface area contributed by atoms with Gasteiger partial charge in [-0.2, -0.15) is 0 Å². The summed E-state index contributed by atoms with van der Waals surface area (Å²) in [6.45, 7) is 1.54. The number of hydrogen-bond donors (Lipinski definition) is 0. The van der Waals surface area contributed by atoms with Crippen molar-refractivity contribution in [3.05, 3.63) is 77.9 Å². The highest BCUT2D eigenvalue weighted by Gasteiger charge is 2.53. The highest BCUT2D eigenvalue weighted by molar-refractivity contribution is 6.05. The van der Waals surface area contributed by atoms with E-state index in [1.807, 2.05) is 36.4 Å². The Morgan fingerprint density at radius 3 is 2.34 bits per heavy atom. The first-order chi connectivity index (χ1) is 13.9. The molecule has 1 aliphatic rings. The number of carbonyl (C=O) groups excluding carboxylic acids is 3. The number of esters is 1. The van der Waals surface area contributed by atoms with Crippen molar-refractivity contribution in [1.29, 1.82) is 0 Å². The van der Waals surface area contributed by atoms with Crippen LogP contribution in [0.25, 0.3) is 6.08 Å². The smallest absolute Gasteiger partial charge is 0.322 e. The Labute approximate surface area is 170 Å². The zero-order valence-electron chi connectivity index (χ0n) is 16.5. The van der Waals surface area contributed by atoms with Gasteiger partial charge in [0.05, 0.1) is 19.3 Å². The second kappa shape index (κ2) is 8.97. The summed E-state index contributed by atoms with van der Waals surface area (Å²) in [6, 6.07) is 18.4. The Bertz CT molecular complexity index is 903. The largest absolute Gasteiger partial charge is 0.468 e. The van der Waals surface area contributed by atoms with Crippen LogP contribution < -0.4 is 0 Å². The summed E-state index contributed by atoms with van der Waals surface area (Å²) >= 11 is 0. The van der Waals surface area contributed by atoms with Gasteiger partial charge < -0.3 is 9.47 Å². The third kappa shape index (κ3) is 4.51. The molecule has 150 valence electrons. The van der Waals surface area contributed by atoms with E-state index < -0.39 is 23.6 Å². The molecule has 1 aliphatic heterocycles. The van der Waals surface area contributed by atoms with Gasteiger partial charge in [-0.05, 0) is 12.5 Å². The molecule has 2 aromatic rings. The van der Waals surface area contributed by atoms with Crippen LogP contribution in [0, 0.1) is 5.41 Å². The molecule has 0 amide bonds. The predicted octanol–water partition coefficient (Wildman–Crippen LogP) is 3.88. The number of carbonyl (C=O) groups is 3. The Hall–Kier alpha value is -3.05. The quantitative estimate of drug-likeness (QED) is 0.424. The average molecular weight is 392 g/mol. The molecule has 3 atom stereocenters. The summed E-state index contributed by atoms with van der Waals surface area (Å²) in [5, 5.41) is 0. The lowest BCUT2D eigenvalue weighted by Crippen LogP contribution is -2.54. The summed E-state index contributed by atoms with van der Waals surface area (Å²) < 4.78 is 11.0. The number of ketones is 2. The molecule has 1 heterocycles. The molecule has 2 aromatic carbocycles. The van der Waals surface area contributed by atoms with Crippen molar-refractivity contribution < 1.29 is 23.9 Å². The summed E-state index contributed by atoms with van der Waals surface area (Å²) in [6.07, 6.45) is 2.13. The lowest BCUT2D eigenvalue weighted by Gasteiger charge is -2.39. The van der Waals surface area contributed by atoms with Gasteiger partial charge in [-0.3, -0.25) is 14.4 Å². The van der Waals surface area contributed by atoms with Crippen LogP contribution in [0.3, 0.4) is 0 Å². The number of ether oxygens (including phenoxy) is 2. The Morgan fingerprint density at radius 1 is 1.10 bits per heavy atom. The van der Waals surface area contributed by atoms with Crippen molar-refractivity contribution in [1.82, 2.24) is 0 Å². The van der Waals surface area contributed by atoms with Crippen LogP contribution in [0.1, 0.15) is 35.7 Å². The third-order valence-electron chi connectivity index (χ3n) is 5.28. The minimum absolute atomic E-state index is 0.0140. The second-order valence-corrected chi connectivity index (χ2v) is 7.26. The van der Waals surface area contributed by atoms with Gasteiger partial charge in [0.25, 0.3) is 0 Å². The molecule has 0 radical (unpaired) electrons. The van der Waals surface area contributed by atoms with E-state index in [9.17, 15) is 14.4 Å². The summed E-state index contributed by atoms with van der Waals surface area (Å²) in [5.41, 5.74) is 0.0336. The summed E-state index contributed by atoms with van der Waals surface area (Å²) in [4.78, 5) is 37.9. The van der Waals surface area contributed by atoms with Crippen LogP contribution in [0.15, 0.2) is 66.7 Å². The monoisotopic (exact) mass is 392 g/mol. The van der Waals surface area contributed by atoms with E-state index >= 15 is 0 Å². The van der Waals surface area contributed by atoms with Gasteiger partial charge >= 0.3 is 5.97 Å². The van der Waals surface area contributed by atoms with Crippen molar-refractivity contribution >= 4 is 23.6 Å². The average Bonchev–Trinajstić information content (AvgIpc) is 2.75. The van der Waals surface area contributed by atoms with E-state index in [0.717, 1.165) is 5.56 Å². The number of hydrogen-bond acceptors (Lipinski definition) is 5. The second-order valence-electron chi connectivity index (χ2n) is 7.26. The van der Waals surface area contributed by atoms with E-state index in [1.165, 1.54) is 14.0 Å². The molecule has 0 aromatic heterocycles. The first-order valence-electron chi connectivity index (χ1n) is 9.54. The predicted molar refractivity (Wildman–Crippen MR) is 109 cm³/mol. The Kier molecular flexibility index (Phi) is 6.39. The Balaban J connectivity index is 1.83. The fraction of sp³-hybridized carbons (Fsp3) is 0.292. The number of Topliss-reactive ketones (excluding diaryl/α,β-unsaturated/α-hetero) is 2. The fourth-order valence-corrected chi connectivity index (χ4v) is 3.48. The van der Waals surface area contributed by atoms with E-state index in [1.54, 1.807) is 36.4 Å². The first-order valence-corrected chi connectivity index (χ1v) is 9.54. The van der Waals surface area contributed by atoms with Gasteiger partial charge in [-0.15, -0.1) is 0 Å². The molecule has 5 heteroatoms. The molecule has 1 saturated heterocycles. The van der Waals surface area contributed by atoms with Crippen molar-refractivity contribution in [3.8, 4) is 0 Å². The molecule has 29 heavy (non-hydrogen) atoms. The molecule has 0 bridgehead atoms. The van der Waals surface area contributed by atoms with Gasteiger partial charge in [0, 0.05) is 18.4 Å². The van der Waals surface area contributed by atoms with Crippen LogP contribution in [-0.2, 0) is 19.1 Å². The molecule has 0 aliphatic carbocycles. The van der Waals surface area contributed by atoms with Crippen LogP contribution in [-0.4, -0.2) is 36.9 Å². The minimum Gasteiger partial charge on any atom is -0.468 e. The maximum atomic E-state index is 12.9. The minimum atomic E-state index is -1.45. The van der Waals surface area contributed by atoms with Crippen LogP contribution in [0.2, 0.25) is 0 Å². The molecule has 5 nitrogen and oxygen atoms in total. The molecule has 0 N–H and O–H groups in total. The fourth-order valence-electron chi connectivity index (χ4n) is 3.48. The van der Waals surface area contributed by atoms with Crippen LogP contribution in [0.5, 0.6) is 0 Å². The maximum Gasteiger partial charge on any atom is 0.322 e. The molecule has 0 spiro atoms. The lowest BCUT2D eigenvalue weighted by atomic mass is 9.74. The topological polar surface area (TPSA) is 69.7 Å². The zero-order valence-corrected chi connectivity index (χ0v) is 16.5. The molecule has 0 saturated carbocycles. The molecule has 0 unspecified atom stereocenters. The van der Waals surface area contributed by atoms with Crippen molar-refractivity contribution in [2.45, 2.75) is 32.0 Å². The van der Waals surface area contributed by atoms with Gasteiger partial charge in [0.1, 0.15) is 0 Å². The molecular formula is C24H24O5. The first kappa shape index (κ1) is 20.7. The summed E-state index contributed by atoms with van der Waals surface area (Å²) in [5.74, 6) is -1.03. The van der Waals surface area contributed by atoms with Gasteiger partial charge in [-0.25, -0.2) is 0 Å². The van der Waals surface area contributed by atoms with E-state index in [-0.39, 0.29) is 24.4 Å². The van der Waals surface area contributed by atoms with E-state index in [0.29, 0.717) is 5.56 Å². The van der Waals surface area contributed by atoms with Gasteiger partial charge in [0.2, 0.25) is 0 Å². The van der Waals surface area contributed by atoms with Crippen molar-refractivity contribution in [3.63, 3.8) is 0 Å². The van der Waals surface area contributed by atoms with Crippen LogP contribution >= 0.6 is 0 Å². The van der Waals surface area contributed by atoms with Crippen molar-refractivity contribution in [2.75, 3.05) is 7.11 Å². The number of rotatable bonds is 6. The molecule has 1 fully saturated rings. The molecule has 3 rings (SSSR count). The zero-order chi connectivity index (χ0) is 20.9. The highest BCUT2D eigenvalue weighted by Crippen LogP contribution is 2.37. The van der Waals surface area contributed by atoms with Crippen LogP contribution in [0.4, 0.5) is 0 Å². The third-order valence-corrected chi connectivity index (χ3v) is 5.28. The highest BCUT2D eigenvalue weighted by atomic mass is 16.5. The molecular weight excluding hydrogens is 368 g/mol.